The second kappa shape index (κ2) is 29.0. The summed E-state index contributed by atoms with van der Waals surface area (Å²) in [6.07, 6.45) is -1.20. The zero-order chi connectivity index (χ0) is 58.0. The Morgan fingerprint density at radius 1 is 0.782 bits per heavy atom. The number of aliphatic hydroxyl groups excluding tert-OH is 1. The van der Waals surface area contributed by atoms with E-state index >= 15 is 4.39 Å². The number of aromatic nitrogens is 1. The maximum absolute atomic E-state index is 15.4. The van der Waals surface area contributed by atoms with E-state index in [9.17, 15) is 67.3 Å². The number of aliphatic hydroxyl groups is 1. The molecule has 424 valence electrons. The van der Waals surface area contributed by atoms with Gasteiger partial charge in [-0.25, -0.2) is 18.4 Å². The van der Waals surface area contributed by atoms with Crippen LogP contribution in [0.2, 0.25) is 0 Å². The number of ketones is 1. The third kappa shape index (κ3) is 18.7. The van der Waals surface area contributed by atoms with Crippen molar-refractivity contribution in [2.75, 3.05) is 19.7 Å². The van der Waals surface area contributed by atoms with Gasteiger partial charge < -0.3 is 50.9 Å². The lowest BCUT2D eigenvalue weighted by molar-refractivity contribution is -0.197. The number of carbonyl (C=O) groups is 11. The number of carboxylic acids is 2. The molecular weight excluding hydrogens is 1020 g/mol. The molecule has 7 N–H and O–H groups in total. The summed E-state index contributed by atoms with van der Waals surface area (Å²) >= 11 is 0. The quantitative estimate of drug-likeness (QED) is 0.0468. The SMILES string of the molecule is CC(C)[C@H](CC(=O)CCCC(=O)ON1C(=O)CCC1=O)C(=O)N[C@@H](C)C(=O)N[C@@H](CCN(C(=O)CO)[C@@H](c1cc(-c2cc(F)ccc2F)cn1Cc1ccccc1)C(C)(C)C)C(=O)NCCC(=O)N[C@H](CCC(=O)O)C(=O)O. The number of aliphatic carboxylic acids is 2. The molecule has 0 aliphatic carbocycles. The summed E-state index contributed by atoms with van der Waals surface area (Å²) in [6.45, 7) is 8.46. The minimum atomic E-state index is -1.55. The third-order valence-electron chi connectivity index (χ3n) is 12.8. The fraction of sp³-hybridized carbons (Fsp3) is 0.500. The Hall–Kier alpha value is -7.89. The molecule has 2 aromatic carbocycles. The molecule has 1 saturated heterocycles. The molecule has 22 nitrogen and oxygen atoms in total. The van der Waals surface area contributed by atoms with Gasteiger partial charge in [-0.2, -0.15) is 0 Å². The second-order valence-corrected chi connectivity index (χ2v) is 20.4. The average molecular weight is 1090 g/mol. The molecule has 0 radical (unpaired) electrons. The highest BCUT2D eigenvalue weighted by atomic mass is 19.1. The Kier molecular flexibility index (Phi) is 23.3. The summed E-state index contributed by atoms with van der Waals surface area (Å²) in [4.78, 5) is 146. The molecule has 24 heteroatoms. The first-order valence-corrected chi connectivity index (χ1v) is 25.5. The molecule has 0 saturated carbocycles. The Labute approximate surface area is 449 Å². The Morgan fingerprint density at radius 2 is 1.45 bits per heavy atom. The van der Waals surface area contributed by atoms with Crippen molar-refractivity contribution in [3.8, 4) is 11.1 Å². The minimum absolute atomic E-state index is 0.0168. The van der Waals surface area contributed by atoms with Crippen LogP contribution in [0.4, 0.5) is 8.78 Å². The van der Waals surface area contributed by atoms with Crippen molar-refractivity contribution >= 4 is 65.0 Å². The lowest BCUT2D eigenvalue weighted by Gasteiger charge is -2.41. The summed E-state index contributed by atoms with van der Waals surface area (Å²) in [6, 6.07) is 8.30. The Bertz CT molecular complexity index is 2670. The lowest BCUT2D eigenvalue weighted by atomic mass is 9.82. The molecule has 1 aromatic heterocycles. The first-order valence-electron chi connectivity index (χ1n) is 25.5. The summed E-state index contributed by atoms with van der Waals surface area (Å²) in [5, 5.41) is 39.2. The molecule has 2 heterocycles. The molecule has 78 heavy (non-hydrogen) atoms. The van der Waals surface area contributed by atoms with E-state index in [0.29, 0.717) is 10.8 Å². The number of hydrogen-bond donors (Lipinski definition) is 7. The fourth-order valence-electron chi connectivity index (χ4n) is 8.75. The first kappa shape index (κ1) is 62.6. The normalized spacial score (nSPS) is 14.4. The van der Waals surface area contributed by atoms with Gasteiger partial charge in [0.25, 0.3) is 11.8 Å². The number of imide groups is 1. The van der Waals surface area contributed by atoms with E-state index in [4.69, 9.17) is 9.94 Å². The van der Waals surface area contributed by atoms with Crippen LogP contribution in [0.3, 0.4) is 0 Å². The van der Waals surface area contributed by atoms with E-state index in [-0.39, 0.29) is 69.2 Å². The molecule has 3 aromatic rings. The number of hydroxylamine groups is 2. The number of carbonyl (C=O) groups excluding carboxylic acids is 9. The van der Waals surface area contributed by atoms with E-state index in [0.717, 1.165) is 23.8 Å². The number of rotatable bonds is 30. The van der Waals surface area contributed by atoms with Crippen LogP contribution in [-0.4, -0.2) is 133 Å². The number of halogens is 2. The van der Waals surface area contributed by atoms with Crippen LogP contribution in [-0.2, 0) is 64.1 Å². The molecule has 7 amide bonds. The van der Waals surface area contributed by atoms with Gasteiger partial charge in [-0.1, -0.05) is 65.0 Å². The minimum Gasteiger partial charge on any atom is -0.481 e. The predicted octanol–water partition coefficient (Wildman–Crippen LogP) is 3.72. The maximum atomic E-state index is 15.4. The van der Waals surface area contributed by atoms with Gasteiger partial charge in [-0.3, -0.25) is 43.2 Å². The summed E-state index contributed by atoms with van der Waals surface area (Å²) in [5.41, 5.74) is 0.541. The second-order valence-electron chi connectivity index (χ2n) is 20.4. The number of carboxylic acid groups (broad SMARTS) is 2. The van der Waals surface area contributed by atoms with Gasteiger partial charge >= 0.3 is 17.9 Å². The van der Waals surface area contributed by atoms with Gasteiger partial charge in [-0.05, 0) is 67.3 Å². The van der Waals surface area contributed by atoms with Crippen LogP contribution in [0.15, 0.2) is 60.8 Å². The number of nitrogens with one attached hydrogen (secondary N) is 4. The molecular formula is C54H69F2N7O15. The van der Waals surface area contributed by atoms with E-state index in [2.05, 4.69) is 21.3 Å². The molecule has 4 rings (SSSR count). The predicted molar refractivity (Wildman–Crippen MR) is 274 cm³/mol. The highest BCUT2D eigenvalue weighted by Gasteiger charge is 2.39. The smallest absolute Gasteiger partial charge is 0.333 e. The van der Waals surface area contributed by atoms with Crippen LogP contribution < -0.4 is 21.3 Å². The van der Waals surface area contributed by atoms with Gasteiger partial charge in [0.05, 0.1) is 6.04 Å². The van der Waals surface area contributed by atoms with Crippen LogP contribution in [0.1, 0.15) is 123 Å². The van der Waals surface area contributed by atoms with E-state index in [1.165, 1.54) is 11.8 Å². The van der Waals surface area contributed by atoms with Crippen molar-refractivity contribution in [2.24, 2.45) is 17.3 Å². The number of amides is 7. The Balaban J connectivity index is 1.60. The van der Waals surface area contributed by atoms with Crippen LogP contribution in [0.25, 0.3) is 11.1 Å². The molecule has 1 aliphatic rings. The molecule has 1 fully saturated rings. The van der Waals surface area contributed by atoms with Crippen molar-refractivity contribution < 1.29 is 81.7 Å². The maximum Gasteiger partial charge on any atom is 0.333 e. The van der Waals surface area contributed by atoms with Crippen LogP contribution >= 0.6 is 0 Å². The standard InChI is InChI=1S/C54H69F2N7O15/c1-31(2)37(27-36(65)13-10-14-48(72)78-63-44(67)18-19-45(63)68)51(74)58-32(3)50(73)60-40(52(75)57-23-21-43(66)59-41(53(76)77)17-20-47(70)71)22-24-62(46(69)30-64)49(54(4,5)6)42-25-34(38-26-35(55)15-16-39(38)56)29-61(42)28-33-11-8-7-9-12-33/h7-9,11-12,15-16,25-26,29,31-32,37,40-41,49,64H,10,13-14,17-24,27-28,30H2,1-6H3,(H,57,75)(H,58,74)(H,59,66)(H,60,73)(H,70,71)(H,76,77)/t32-,37-,40-,41+,49-/m0/s1. The van der Waals surface area contributed by atoms with Crippen LogP contribution in [0, 0.1) is 28.9 Å². The highest BCUT2D eigenvalue weighted by Crippen LogP contribution is 2.41. The number of benzene rings is 2. The zero-order valence-corrected chi connectivity index (χ0v) is 44.5. The van der Waals surface area contributed by atoms with Gasteiger partial charge in [-0.15, -0.1) is 5.06 Å². The molecule has 0 unspecified atom stereocenters. The molecule has 0 spiro atoms. The Morgan fingerprint density at radius 3 is 2.05 bits per heavy atom. The van der Waals surface area contributed by atoms with Crippen LogP contribution in [0.5, 0.6) is 0 Å². The first-order chi connectivity index (χ1) is 36.7. The fourth-order valence-corrected chi connectivity index (χ4v) is 8.75. The molecule has 1 aliphatic heterocycles. The van der Waals surface area contributed by atoms with Gasteiger partial charge in [0, 0.05) is 93.5 Å². The summed E-state index contributed by atoms with van der Waals surface area (Å²) < 4.78 is 31.7. The zero-order valence-electron chi connectivity index (χ0n) is 44.5. The van der Waals surface area contributed by atoms with E-state index in [1.54, 1.807) is 51.4 Å². The van der Waals surface area contributed by atoms with Gasteiger partial charge in [0.1, 0.15) is 42.2 Å². The van der Waals surface area contributed by atoms with Crippen molar-refractivity contribution in [3.63, 3.8) is 0 Å². The lowest BCUT2D eigenvalue weighted by Crippen LogP contribution is -2.55. The number of nitrogens with zero attached hydrogens (tertiary/aromatic N) is 3. The van der Waals surface area contributed by atoms with Gasteiger partial charge in [0.2, 0.25) is 29.5 Å². The van der Waals surface area contributed by atoms with Crippen molar-refractivity contribution in [2.45, 2.75) is 136 Å². The monoisotopic (exact) mass is 1090 g/mol. The summed E-state index contributed by atoms with van der Waals surface area (Å²) in [7, 11) is 0. The number of Topliss-reactive ketones (excluding diaryl/α,β-unsaturated/α-hetero) is 1. The summed E-state index contributed by atoms with van der Waals surface area (Å²) in [5.74, 6) is -12.4. The largest absolute Gasteiger partial charge is 0.481 e. The van der Waals surface area contributed by atoms with E-state index in [1.807, 2.05) is 30.3 Å². The van der Waals surface area contributed by atoms with Gasteiger partial charge in [0.15, 0.2) is 0 Å². The van der Waals surface area contributed by atoms with Crippen molar-refractivity contribution in [1.29, 1.82) is 0 Å². The molecule has 5 atom stereocenters. The topological polar surface area (TPSA) is 317 Å². The molecule has 0 bridgehead atoms. The average Bonchev–Trinajstić information content (AvgIpc) is 3.99. The van der Waals surface area contributed by atoms with Crippen molar-refractivity contribution in [1.82, 2.24) is 35.8 Å². The van der Waals surface area contributed by atoms with E-state index < -0.39 is 151 Å². The number of hydrogen-bond acceptors (Lipinski definition) is 13. The highest BCUT2D eigenvalue weighted by molar-refractivity contribution is 6.01. The van der Waals surface area contributed by atoms with Crippen molar-refractivity contribution in [3.05, 3.63) is 83.7 Å². The third-order valence-corrected chi connectivity index (χ3v) is 12.8.